The lowest BCUT2D eigenvalue weighted by Crippen LogP contribution is -2.17. The monoisotopic (exact) mass is 119 g/mol. The molecule has 0 aliphatic rings. The van der Waals surface area contributed by atoms with E-state index in [0.29, 0.717) is 12.8 Å². The molecule has 0 spiro atoms. The van der Waals surface area contributed by atoms with E-state index in [9.17, 15) is 9.18 Å². The molecule has 0 saturated heterocycles. The maximum atomic E-state index is 11.3. The lowest BCUT2D eigenvalue weighted by Gasteiger charge is -1.92. The van der Waals surface area contributed by atoms with E-state index >= 15 is 0 Å². The molecule has 3 heteroatoms. The number of alkyl halides is 1. The minimum atomic E-state index is -0.409. The van der Waals surface area contributed by atoms with Gasteiger partial charge < -0.3 is 5.32 Å². The summed E-state index contributed by atoms with van der Waals surface area (Å²) in [6, 6.07) is 0. The van der Waals surface area contributed by atoms with E-state index in [2.05, 4.69) is 5.32 Å². The highest BCUT2D eigenvalue weighted by atomic mass is 19.1. The van der Waals surface area contributed by atoms with Gasteiger partial charge in [0, 0.05) is 13.5 Å². The quantitative estimate of drug-likeness (QED) is 0.575. The maximum Gasteiger partial charge on any atom is 0.219 e. The van der Waals surface area contributed by atoms with E-state index < -0.39 is 6.67 Å². The third-order valence-electron chi connectivity index (χ3n) is 0.816. The summed E-state index contributed by atoms with van der Waals surface area (Å²) in [4.78, 5) is 10.3. The van der Waals surface area contributed by atoms with Gasteiger partial charge in [-0.3, -0.25) is 9.18 Å². The standard InChI is InChI=1S/C5H10FNO/c1-7-5(8)3-2-4-6/h2-4H2,1H3,(H,7,8). The number of rotatable bonds is 3. The number of nitrogens with one attached hydrogen (secondary N) is 1. The Balaban J connectivity index is 2.99. The summed E-state index contributed by atoms with van der Waals surface area (Å²) in [7, 11) is 1.54. The van der Waals surface area contributed by atoms with E-state index in [1.54, 1.807) is 7.05 Å². The maximum absolute atomic E-state index is 11.3. The molecule has 1 amide bonds. The first-order valence-electron chi connectivity index (χ1n) is 2.57. The average Bonchev–Trinajstić information content (AvgIpc) is 1.83. The topological polar surface area (TPSA) is 29.1 Å². The van der Waals surface area contributed by atoms with Crippen LogP contribution in [-0.4, -0.2) is 19.6 Å². The lowest BCUT2D eigenvalue weighted by molar-refractivity contribution is -0.120. The molecular formula is C5H10FNO. The molecule has 0 aromatic heterocycles. The van der Waals surface area contributed by atoms with E-state index in [-0.39, 0.29) is 5.91 Å². The Labute approximate surface area is 48.1 Å². The van der Waals surface area contributed by atoms with Crippen molar-refractivity contribution in [1.82, 2.24) is 5.32 Å². The molecule has 0 atom stereocenters. The molecule has 8 heavy (non-hydrogen) atoms. The second kappa shape index (κ2) is 4.56. The summed E-state index contributed by atoms with van der Waals surface area (Å²) in [6.45, 7) is -0.409. The Kier molecular flexibility index (Phi) is 4.21. The largest absolute Gasteiger partial charge is 0.359 e. The molecule has 1 N–H and O–H groups in total. The van der Waals surface area contributed by atoms with Crippen LogP contribution in [0, 0.1) is 0 Å². The number of carbonyl (C=O) groups excluding carboxylic acids is 1. The SMILES string of the molecule is CNC(=O)CCCF. The van der Waals surface area contributed by atoms with Crippen molar-refractivity contribution in [3.8, 4) is 0 Å². The van der Waals surface area contributed by atoms with Crippen molar-refractivity contribution < 1.29 is 9.18 Å². The zero-order valence-corrected chi connectivity index (χ0v) is 4.91. The highest BCUT2D eigenvalue weighted by molar-refractivity contribution is 5.75. The van der Waals surface area contributed by atoms with Crippen LogP contribution in [0.3, 0.4) is 0 Å². The fourth-order valence-electron chi connectivity index (χ4n) is 0.352. The van der Waals surface area contributed by atoms with Crippen LogP contribution in [0.1, 0.15) is 12.8 Å². The number of carbonyl (C=O) groups is 1. The molecule has 0 fully saturated rings. The lowest BCUT2D eigenvalue weighted by atomic mass is 10.3. The summed E-state index contributed by atoms with van der Waals surface area (Å²) >= 11 is 0. The van der Waals surface area contributed by atoms with E-state index in [1.165, 1.54) is 0 Å². The molecule has 0 aromatic carbocycles. The number of amides is 1. The fraction of sp³-hybridized carbons (Fsp3) is 0.800. The van der Waals surface area contributed by atoms with Gasteiger partial charge >= 0.3 is 0 Å². The number of hydrogen-bond donors (Lipinski definition) is 1. The predicted molar refractivity (Wildman–Crippen MR) is 29.3 cm³/mol. The Morgan fingerprint density at radius 3 is 2.75 bits per heavy atom. The molecule has 0 rings (SSSR count). The third-order valence-corrected chi connectivity index (χ3v) is 0.816. The summed E-state index contributed by atoms with van der Waals surface area (Å²) in [6.07, 6.45) is 0.632. The second-order valence-corrected chi connectivity index (χ2v) is 1.47. The van der Waals surface area contributed by atoms with E-state index in [1.807, 2.05) is 0 Å². The first-order chi connectivity index (χ1) is 3.81. The Bertz CT molecular complexity index is 74.8. The first-order valence-corrected chi connectivity index (χ1v) is 2.57. The van der Waals surface area contributed by atoms with Gasteiger partial charge in [-0.25, -0.2) is 0 Å². The van der Waals surface area contributed by atoms with Crippen LogP contribution in [0.2, 0.25) is 0 Å². The molecule has 0 bridgehead atoms. The Morgan fingerprint density at radius 2 is 2.38 bits per heavy atom. The normalized spacial score (nSPS) is 8.75. The van der Waals surface area contributed by atoms with Gasteiger partial charge in [0.2, 0.25) is 5.91 Å². The summed E-state index contributed by atoms with van der Waals surface area (Å²) in [5, 5.41) is 2.39. The van der Waals surface area contributed by atoms with Crippen LogP contribution in [0.25, 0.3) is 0 Å². The number of halogens is 1. The zero-order chi connectivity index (χ0) is 6.41. The van der Waals surface area contributed by atoms with Crippen molar-refractivity contribution in [1.29, 1.82) is 0 Å². The van der Waals surface area contributed by atoms with Crippen molar-refractivity contribution in [2.75, 3.05) is 13.7 Å². The van der Waals surface area contributed by atoms with Crippen molar-refractivity contribution >= 4 is 5.91 Å². The third kappa shape index (κ3) is 3.59. The van der Waals surface area contributed by atoms with Gasteiger partial charge in [0.25, 0.3) is 0 Å². The smallest absolute Gasteiger partial charge is 0.219 e. The van der Waals surface area contributed by atoms with Gasteiger partial charge in [-0.15, -0.1) is 0 Å². The van der Waals surface area contributed by atoms with Gasteiger partial charge in [-0.05, 0) is 6.42 Å². The van der Waals surface area contributed by atoms with Gasteiger partial charge in [0.15, 0.2) is 0 Å². The van der Waals surface area contributed by atoms with Gasteiger partial charge in [0.1, 0.15) is 0 Å². The first kappa shape index (κ1) is 7.40. The summed E-state index contributed by atoms with van der Waals surface area (Å²) < 4.78 is 11.3. The molecule has 0 saturated carbocycles. The molecule has 2 nitrogen and oxygen atoms in total. The van der Waals surface area contributed by atoms with Gasteiger partial charge in [-0.2, -0.15) is 0 Å². The van der Waals surface area contributed by atoms with Gasteiger partial charge in [0.05, 0.1) is 6.67 Å². The Hall–Kier alpha value is -0.600. The molecule has 0 aliphatic carbocycles. The fourth-order valence-corrected chi connectivity index (χ4v) is 0.352. The molecule has 0 radical (unpaired) electrons. The van der Waals surface area contributed by atoms with Crippen LogP contribution in [0.15, 0.2) is 0 Å². The summed E-state index contributed by atoms with van der Waals surface area (Å²) in [5.74, 6) is -0.0948. The van der Waals surface area contributed by atoms with Crippen molar-refractivity contribution in [2.45, 2.75) is 12.8 Å². The van der Waals surface area contributed by atoms with Crippen molar-refractivity contribution in [2.24, 2.45) is 0 Å². The second-order valence-electron chi connectivity index (χ2n) is 1.47. The van der Waals surface area contributed by atoms with Crippen molar-refractivity contribution in [3.05, 3.63) is 0 Å². The predicted octanol–water partition coefficient (Wildman–Crippen LogP) is 0.482. The highest BCUT2D eigenvalue weighted by Crippen LogP contribution is 1.87. The molecule has 48 valence electrons. The van der Waals surface area contributed by atoms with E-state index in [0.717, 1.165) is 0 Å². The molecule has 0 aliphatic heterocycles. The van der Waals surface area contributed by atoms with Crippen LogP contribution >= 0.6 is 0 Å². The van der Waals surface area contributed by atoms with Crippen LogP contribution in [0.5, 0.6) is 0 Å². The Morgan fingerprint density at radius 1 is 1.75 bits per heavy atom. The van der Waals surface area contributed by atoms with Crippen LogP contribution in [0.4, 0.5) is 4.39 Å². The van der Waals surface area contributed by atoms with Crippen molar-refractivity contribution in [3.63, 3.8) is 0 Å². The van der Waals surface area contributed by atoms with E-state index in [4.69, 9.17) is 0 Å². The minimum absolute atomic E-state index is 0.0948. The zero-order valence-electron chi connectivity index (χ0n) is 4.91. The van der Waals surface area contributed by atoms with Gasteiger partial charge in [-0.1, -0.05) is 0 Å². The molecular weight excluding hydrogens is 109 g/mol. The average molecular weight is 119 g/mol. The molecule has 0 aromatic rings. The molecule has 0 heterocycles. The number of hydrogen-bond acceptors (Lipinski definition) is 1. The minimum Gasteiger partial charge on any atom is -0.359 e. The highest BCUT2D eigenvalue weighted by Gasteiger charge is 1.94. The summed E-state index contributed by atoms with van der Waals surface area (Å²) in [5.41, 5.74) is 0. The van der Waals surface area contributed by atoms with Crippen LogP contribution in [-0.2, 0) is 4.79 Å². The molecule has 0 unspecified atom stereocenters. The van der Waals surface area contributed by atoms with Crippen LogP contribution < -0.4 is 5.32 Å².